The second kappa shape index (κ2) is 9.14. The van der Waals surface area contributed by atoms with Gasteiger partial charge in [0, 0.05) is 50.4 Å². The predicted molar refractivity (Wildman–Crippen MR) is 100 cm³/mol. The first-order chi connectivity index (χ1) is 13.1. The molecule has 2 heterocycles. The van der Waals surface area contributed by atoms with Crippen LogP contribution in [0.15, 0.2) is 23.1 Å². The highest BCUT2D eigenvalue weighted by Crippen LogP contribution is 2.35. The summed E-state index contributed by atoms with van der Waals surface area (Å²) in [5.41, 5.74) is 0.196. The van der Waals surface area contributed by atoms with Gasteiger partial charge >= 0.3 is 0 Å². The number of hydrogen-bond acceptors (Lipinski definition) is 5. The number of H-pyrrole nitrogens is 1. The summed E-state index contributed by atoms with van der Waals surface area (Å²) in [6.45, 7) is 1.73. The molecule has 1 aromatic heterocycles. The van der Waals surface area contributed by atoms with Crippen LogP contribution in [0.25, 0.3) is 0 Å². The Morgan fingerprint density at radius 2 is 1.93 bits per heavy atom. The van der Waals surface area contributed by atoms with Crippen molar-refractivity contribution in [3.05, 3.63) is 34.2 Å². The minimum atomic E-state index is -0.236. The molecule has 1 aromatic rings. The van der Waals surface area contributed by atoms with Crippen LogP contribution in [-0.4, -0.2) is 65.1 Å². The molecule has 2 aliphatic rings. The van der Waals surface area contributed by atoms with E-state index < -0.39 is 0 Å². The van der Waals surface area contributed by atoms with Crippen molar-refractivity contribution in [2.75, 3.05) is 26.2 Å². The Labute approximate surface area is 158 Å². The molecule has 8 nitrogen and oxygen atoms in total. The summed E-state index contributed by atoms with van der Waals surface area (Å²) in [7, 11) is 0. The molecule has 0 aromatic carbocycles. The molecule has 0 radical (unpaired) electrons. The van der Waals surface area contributed by atoms with E-state index in [0.29, 0.717) is 24.4 Å². The summed E-state index contributed by atoms with van der Waals surface area (Å²) in [6, 6.07) is 3.25. The molecule has 2 amide bonds. The van der Waals surface area contributed by atoms with Crippen molar-refractivity contribution in [2.45, 2.75) is 44.2 Å². The molecular formula is C19H28N4O4. The summed E-state index contributed by atoms with van der Waals surface area (Å²) in [6.07, 6.45) is 6.18. The Hall–Kier alpha value is -2.19. The van der Waals surface area contributed by atoms with Crippen LogP contribution >= 0.6 is 0 Å². The van der Waals surface area contributed by atoms with Crippen LogP contribution < -0.4 is 16.2 Å². The highest BCUT2D eigenvalue weighted by atomic mass is 16.3. The third-order valence-electron chi connectivity index (χ3n) is 5.34. The van der Waals surface area contributed by atoms with Gasteiger partial charge in [-0.1, -0.05) is 0 Å². The van der Waals surface area contributed by atoms with Crippen molar-refractivity contribution in [3.8, 4) is 0 Å². The number of aliphatic hydroxyl groups is 1. The van der Waals surface area contributed by atoms with Gasteiger partial charge in [-0.25, -0.2) is 0 Å². The fourth-order valence-corrected chi connectivity index (χ4v) is 3.70. The van der Waals surface area contributed by atoms with Gasteiger partial charge in [0.1, 0.15) is 0 Å². The zero-order valence-electron chi connectivity index (χ0n) is 15.4. The number of aromatic nitrogens is 1. The number of hydrogen-bond donors (Lipinski definition) is 4. The first kappa shape index (κ1) is 19.6. The van der Waals surface area contributed by atoms with Gasteiger partial charge in [0.2, 0.25) is 11.5 Å². The molecule has 1 aliphatic carbocycles. The van der Waals surface area contributed by atoms with E-state index in [-0.39, 0.29) is 42.6 Å². The van der Waals surface area contributed by atoms with Crippen LogP contribution in [0.5, 0.6) is 0 Å². The monoisotopic (exact) mass is 376 g/mol. The lowest BCUT2D eigenvalue weighted by Gasteiger charge is -2.30. The van der Waals surface area contributed by atoms with Gasteiger partial charge in [0.25, 0.3) is 5.91 Å². The highest BCUT2D eigenvalue weighted by Gasteiger charge is 2.37. The summed E-state index contributed by atoms with van der Waals surface area (Å²) >= 11 is 0. The molecule has 8 heteroatoms. The van der Waals surface area contributed by atoms with Gasteiger partial charge in [-0.05, 0) is 37.7 Å². The Morgan fingerprint density at radius 1 is 1.15 bits per heavy atom. The zero-order valence-corrected chi connectivity index (χ0v) is 15.4. The van der Waals surface area contributed by atoms with Gasteiger partial charge in [-0.3, -0.25) is 19.3 Å². The van der Waals surface area contributed by atoms with E-state index >= 15 is 0 Å². The Balaban J connectivity index is 1.55. The Morgan fingerprint density at radius 3 is 2.59 bits per heavy atom. The third-order valence-corrected chi connectivity index (χ3v) is 5.34. The highest BCUT2D eigenvalue weighted by molar-refractivity contribution is 5.93. The van der Waals surface area contributed by atoms with Crippen LogP contribution in [0, 0.1) is 5.92 Å². The van der Waals surface area contributed by atoms with E-state index in [1.54, 1.807) is 0 Å². The van der Waals surface area contributed by atoms with Crippen LogP contribution in [-0.2, 0) is 4.79 Å². The van der Waals surface area contributed by atoms with Gasteiger partial charge in [-0.15, -0.1) is 0 Å². The first-order valence-electron chi connectivity index (χ1n) is 9.67. The Kier molecular flexibility index (Phi) is 6.63. The molecular weight excluding hydrogens is 348 g/mol. The van der Waals surface area contributed by atoms with E-state index in [1.807, 2.05) is 0 Å². The average molecular weight is 376 g/mol. The molecule has 3 rings (SSSR count). The van der Waals surface area contributed by atoms with Gasteiger partial charge < -0.3 is 20.7 Å². The number of aliphatic hydroxyl groups excluding tert-OH is 1. The third kappa shape index (κ3) is 5.64. The molecule has 1 saturated carbocycles. The quantitative estimate of drug-likeness (QED) is 0.478. The molecule has 0 unspecified atom stereocenters. The lowest BCUT2D eigenvalue weighted by atomic mass is 10.1. The fourth-order valence-electron chi connectivity index (χ4n) is 3.70. The van der Waals surface area contributed by atoms with Gasteiger partial charge in [0.15, 0.2) is 0 Å². The normalized spacial score (nSPS) is 22.6. The van der Waals surface area contributed by atoms with Crippen molar-refractivity contribution < 1.29 is 14.7 Å². The van der Waals surface area contributed by atoms with Gasteiger partial charge in [-0.2, -0.15) is 0 Å². The van der Waals surface area contributed by atoms with E-state index in [2.05, 4.69) is 20.5 Å². The Bertz CT molecular complexity index is 695. The number of carbonyl (C=O) groups is 2. The second-order valence-electron chi connectivity index (χ2n) is 7.45. The van der Waals surface area contributed by atoms with Crippen molar-refractivity contribution in [1.82, 2.24) is 20.5 Å². The van der Waals surface area contributed by atoms with E-state index in [0.717, 1.165) is 19.4 Å². The molecule has 0 bridgehead atoms. The summed E-state index contributed by atoms with van der Waals surface area (Å²) in [5, 5.41) is 14.5. The molecule has 27 heavy (non-hydrogen) atoms. The molecule has 4 N–H and O–H groups in total. The van der Waals surface area contributed by atoms with E-state index in [1.165, 1.54) is 31.2 Å². The summed E-state index contributed by atoms with van der Waals surface area (Å²) < 4.78 is 0. The molecule has 2 fully saturated rings. The first-order valence-corrected chi connectivity index (χ1v) is 9.67. The van der Waals surface area contributed by atoms with Crippen LogP contribution in [0.2, 0.25) is 0 Å². The van der Waals surface area contributed by atoms with Crippen LogP contribution in [0.4, 0.5) is 0 Å². The SMILES string of the molecule is O=C(C[C@H]1CC[C@@H](CNC(=O)c2ccc(=O)[nH]c2)N1CC1CC1)NCCO. The molecule has 1 saturated heterocycles. The largest absolute Gasteiger partial charge is 0.395 e. The number of nitrogens with zero attached hydrogens (tertiary/aromatic N) is 1. The maximum Gasteiger partial charge on any atom is 0.252 e. The lowest BCUT2D eigenvalue weighted by molar-refractivity contribution is -0.122. The smallest absolute Gasteiger partial charge is 0.252 e. The molecule has 2 atom stereocenters. The number of pyridine rings is 1. The molecule has 0 spiro atoms. The van der Waals surface area contributed by atoms with Crippen LogP contribution in [0.1, 0.15) is 42.5 Å². The maximum atomic E-state index is 12.3. The number of nitrogens with one attached hydrogen (secondary N) is 3. The minimum absolute atomic E-state index is 0.0345. The maximum absolute atomic E-state index is 12.3. The zero-order chi connectivity index (χ0) is 19.2. The van der Waals surface area contributed by atoms with Crippen LogP contribution in [0.3, 0.4) is 0 Å². The van der Waals surface area contributed by atoms with Gasteiger partial charge in [0.05, 0.1) is 12.2 Å². The molecule has 148 valence electrons. The van der Waals surface area contributed by atoms with Crippen molar-refractivity contribution >= 4 is 11.8 Å². The molecule has 1 aliphatic heterocycles. The van der Waals surface area contributed by atoms with Crippen molar-refractivity contribution in [2.24, 2.45) is 5.92 Å². The lowest BCUT2D eigenvalue weighted by Crippen LogP contribution is -2.45. The minimum Gasteiger partial charge on any atom is -0.395 e. The summed E-state index contributed by atoms with van der Waals surface area (Å²) in [5.74, 6) is 0.457. The number of aromatic amines is 1. The van der Waals surface area contributed by atoms with Crippen molar-refractivity contribution in [3.63, 3.8) is 0 Å². The van der Waals surface area contributed by atoms with E-state index in [4.69, 9.17) is 5.11 Å². The topological polar surface area (TPSA) is 115 Å². The average Bonchev–Trinajstić information content (AvgIpc) is 3.41. The number of carbonyl (C=O) groups excluding carboxylic acids is 2. The number of amides is 2. The second-order valence-corrected chi connectivity index (χ2v) is 7.45. The van der Waals surface area contributed by atoms with Crippen molar-refractivity contribution in [1.29, 1.82) is 0 Å². The number of likely N-dealkylation sites (tertiary alicyclic amines) is 1. The van der Waals surface area contributed by atoms with E-state index in [9.17, 15) is 14.4 Å². The predicted octanol–water partition coefficient (Wildman–Crippen LogP) is -0.154. The summed E-state index contributed by atoms with van der Waals surface area (Å²) in [4.78, 5) is 40.3. The number of rotatable bonds is 9. The fraction of sp³-hybridized carbons (Fsp3) is 0.632. The standard InChI is InChI=1S/C19H28N4O4/c24-8-7-20-18(26)9-15-4-5-16(23(15)12-13-1-2-13)11-22-19(27)14-3-6-17(25)21-10-14/h3,6,10,13,15-16,24H,1-2,4-5,7-9,11-12H2,(H,20,26)(H,21,25)(H,22,27)/t15-,16+/m1/s1.